The molecule has 2 rings (SSSR count). The molecule has 20 heavy (non-hydrogen) atoms. The molecule has 0 radical (unpaired) electrons. The number of thioether (sulfide) groups is 2. The molecule has 9 heteroatoms. The fraction of sp³-hybridized carbons (Fsp3) is 0.636. The number of anilines is 1. The summed E-state index contributed by atoms with van der Waals surface area (Å²) in [5, 5.41) is 3.26. The zero-order valence-corrected chi connectivity index (χ0v) is 13.7. The van der Waals surface area contributed by atoms with Crippen LogP contribution in [0.1, 0.15) is 6.92 Å². The number of rotatable bonds is 6. The Hall–Kier alpha value is -0.510. The van der Waals surface area contributed by atoms with E-state index in [0.717, 1.165) is 17.3 Å². The van der Waals surface area contributed by atoms with Gasteiger partial charge in [0, 0.05) is 35.6 Å². The standard InChI is InChI=1S/C11H18N4O2S3/c1-2-12-11-13-6-10(7-14-11)20(16,17)15-5-9-8-18-3-4-19-9/h6-7,9,15H,2-5,8H2,1H3,(H,12,13,14). The minimum Gasteiger partial charge on any atom is -0.355 e. The Morgan fingerprint density at radius 2 is 2.10 bits per heavy atom. The van der Waals surface area contributed by atoms with E-state index in [0.29, 0.717) is 24.3 Å². The molecule has 1 unspecified atom stereocenters. The number of hydrogen-bond acceptors (Lipinski definition) is 7. The van der Waals surface area contributed by atoms with Crippen LogP contribution in [0.4, 0.5) is 5.95 Å². The SMILES string of the molecule is CCNc1ncc(S(=O)(=O)NCC2CSCCS2)cn1. The molecule has 6 nitrogen and oxygen atoms in total. The molecule has 1 fully saturated rings. The molecule has 2 heterocycles. The van der Waals surface area contributed by atoms with Gasteiger partial charge in [0.1, 0.15) is 4.90 Å². The molecule has 1 aliphatic heterocycles. The van der Waals surface area contributed by atoms with E-state index in [1.54, 1.807) is 0 Å². The van der Waals surface area contributed by atoms with Crippen LogP contribution in [-0.4, -0.2) is 54.0 Å². The second kappa shape index (κ2) is 7.48. The Bertz CT molecular complexity index is 515. The zero-order chi connectivity index (χ0) is 14.4. The van der Waals surface area contributed by atoms with Crippen molar-refractivity contribution < 1.29 is 8.42 Å². The molecule has 112 valence electrons. The molecule has 1 saturated heterocycles. The lowest BCUT2D eigenvalue weighted by Crippen LogP contribution is -2.33. The van der Waals surface area contributed by atoms with E-state index in [9.17, 15) is 8.42 Å². The molecular weight excluding hydrogens is 316 g/mol. The molecule has 0 aromatic carbocycles. The van der Waals surface area contributed by atoms with Crippen LogP contribution < -0.4 is 10.0 Å². The van der Waals surface area contributed by atoms with E-state index in [4.69, 9.17) is 0 Å². The van der Waals surface area contributed by atoms with Gasteiger partial charge in [-0.15, -0.1) is 0 Å². The van der Waals surface area contributed by atoms with Gasteiger partial charge in [-0.1, -0.05) is 0 Å². The average Bonchev–Trinajstić information content (AvgIpc) is 2.47. The van der Waals surface area contributed by atoms with Crippen LogP contribution in [0.25, 0.3) is 0 Å². The summed E-state index contributed by atoms with van der Waals surface area (Å²) in [6.07, 6.45) is 2.66. The molecule has 0 amide bonds. The summed E-state index contributed by atoms with van der Waals surface area (Å²) in [6.45, 7) is 3.07. The van der Waals surface area contributed by atoms with E-state index >= 15 is 0 Å². The van der Waals surface area contributed by atoms with Gasteiger partial charge in [0.05, 0.1) is 12.4 Å². The fourth-order valence-corrected chi connectivity index (χ4v) is 5.33. The smallest absolute Gasteiger partial charge is 0.243 e. The minimum absolute atomic E-state index is 0.104. The monoisotopic (exact) mass is 334 g/mol. The molecule has 1 aliphatic rings. The van der Waals surface area contributed by atoms with Crippen molar-refractivity contribution in [3.63, 3.8) is 0 Å². The Morgan fingerprint density at radius 1 is 1.35 bits per heavy atom. The Kier molecular flexibility index (Phi) is 5.94. The lowest BCUT2D eigenvalue weighted by molar-refractivity contribution is 0.580. The largest absolute Gasteiger partial charge is 0.355 e. The van der Waals surface area contributed by atoms with Crippen molar-refractivity contribution in [3.05, 3.63) is 12.4 Å². The van der Waals surface area contributed by atoms with Crippen LogP contribution in [0.2, 0.25) is 0 Å². The molecule has 0 saturated carbocycles. The summed E-state index contributed by atoms with van der Waals surface area (Å²) in [4.78, 5) is 8.06. The van der Waals surface area contributed by atoms with E-state index < -0.39 is 10.0 Å². The second-order valence-electron chi connectivity index (χ2n) is 4.19. The number of nitrogens with zero attached hydrogens (tertiary/aromatic N) is 2. The third-order valence-electron chi connectivity index (χ3n) is 2.66. The minimum atomic E-state index is -3.52. The number of sulfonamides is 1. The molecule has 1 aromatic heterocycles. The summed E-state index contributed by atoms with van der Waals surface area (Å²) in [5.41, 5.74) is 0. The lowest BCUT2D eigenvalue weighted by Gasteiger charge is -2.21. The predicted molar refractivity (Wildman–Crippen MR) is 85.0 cm³/mol. The summed E-state index contributed by atoms with van der Waals surface area (Å²) >= 11 is 3.69. The molecule has 1 aromatic rings. The summed E-state index contributed by atoms with van der Waals surface area (Å²) in [5.74, 6) is 3.65. The first-order valence-electron chi connectivity index (χ1n) is 6.36. The van der Waals surface area contributed by atoms with Gasteiger partial charge in [0.2, 0.25) is 16.0 Å². The normalized spacial score (nSPS) is 19.8. The third kappa shape index (κ3) is 4.51. The van der Waals surface area contributed by atoms with E-state index in [1.807, 2.05) is 30.4 Å². The van der Waals surface area contributed by atoms with Gasteiger partial charge in [-0.25, -0.2) is 23.1 Å². The molecule has 0 bridgehead atoms. The first kappa shape index (κ1) is 15.9. The van der Waals surface area contributed by atoms with Gasteiger partial charge < -0.3 is 5.32 Å². The van der Waals surface area contributed by atoms with Crippen molar-refractivity contribution in [1.82, 2.24) is 14.7 Å². The van der Waals surface area contributed by atoms with Gasteiger partial charge in [0.25, 0.3) is 0 Å². The maximum atomic E-state index is 12.1. The van der Waals surface area contributed by atoms with Crippen molar-refractivity contribution >= 4 is 39.5 Å². The highest BCUT2D eigenvalue weighted by Crippen LogP contribution is 2.23. The highest BCUT2D eigenvalue weighted by atomic mass is 32.2. The maximum absolute atomic E-state index is 12.1. The summed E-state index contributed by atoms with van der Waals surface area (Å²) in [7, 11) is -3.52. The van der Waals surface area contributed by atoms with Crippen molar-refractivity contribution in [2.45, 2.75) is 17.1 Å². The van der Waals surface area contributed by atoms with Crippen LogP contribution >= 0.6 is 23.5 Å². The Morgan fingerprint density at radius 3 is 2.70 bits per heavy atom. The fourth-order valence-electron chi connectivity index (χ4n) is 1.64. The summed E-state index contributed by atoms with van der Waals surface area (Å²) < 4.78 is 26.9. The van der Waals surface area contributed by atoms with Gasteiger partial charge in [-0.2, -0.15) is 23.5 Å². The molecule has 1 atom stereocenters. The van der Waals surface area contributed by atoms with Gasteiger partial charge >= 0.3 is 0 Å². The number of hydrogen-bond donors (Lipinski definition) is 2. The molecule has 2 N–H and O–H groups in total. The van der Waals surface area contributed by atoms with E-state index in [2.05, 4.69) is 20.0 Å². The maximum Gasteiger partial charge on any atom is 0.243 e. The van der Waals surface area contributed by atoms with Gasteiger partial charge in [0.15, 0.2) is 0 Å². The second-order valence-corrected chi connectivity index (χ2v) is 8.52. The summed E-state index contributed by atoms with van der Waals surface area (Å²) in [6, 6.07) is 0. The van der Waals surface area contributed by atoms with Crippen molar-refractivity contribution in [2.24, 2.45) is 0 Å². The third-order valence-corrected chi connectivity index (χ3v) is 6.88. The predicted octanol–water partition coefficient (Wildman–Crippen LogP) is 1.04. The van der Waals surface area contributed by atoms with E-state index in [-0.39, 0.29) is 4.90 Å². The molecule has 0 spiro atoms. The van der Waals surface area contributed by atoms with Gasteiger partial charge in [-0.05, 0) is 6.92 Å². The zero-order valence-electron chi connectivity index (χ0n) is 11.2. The van der Waals surface area contributed by atoms with Crippen LogP contribution in [0.15, 0.2) is 17.3 Å². The first-order chi connectivity index (χ1) is 9.62. The molecular formula is C11H18N4O2S3. The van der Waals surface area contributed by atoms with Crippen LogP contribution in [0.3, 0.4) is 0 Å². The van der Waals surface area contributed by atoms with Crippen LogP contribution in [-0.2, 0) is 10.0 Å². The van der Waals surface area contributed by atoms with Gasteiger partial charge in [-0.3, -0.25) is 0 Å². The highest BCUT2D eigenvalue weighted by molar-refractivity contribution is 8.06. The van der Waals surface area contributed by atoms with Crippen molar-refractivity contribution in [1.29, 1.82) is 0 Å². The van der Waals surface area contributed by atoms with Crippen LogP contribution in [0, 0.1) is 0 Å². The molecule has 0 aliphatic carbocycles. The number of nitrogens with one attached hydrogen (secondary N) is 2. The average molecular weight is 334 g/mol. The van der Waals surface area contributed by atoms with Crippen LogP contribution in [0.5, 0.6) is 0 Å². The number of aromatic nitrogens is 2. The quantitative estimate of drug-likeness (QED) is 0.804. The Balaban J connectivity index is 1.94. The Labute approximate surface area is 128 Å². The van der Waals surface area contributed by atoms with Crippen molar-refractivity contribution in [3.8, 4) is 0 Å². The first-order valence-corrected chi connectivity index (χ1v) is 10.1. The lowest BCUT2D eigenvalue weighted by atomic mass is 10.5. The highest BCUT2D eigenvalue weighted by Gasteiger charge is 2.20. The topological polar surface area (TPSA) is 84.0 Å². The van der Waals surface area contributed by atoms with Crippen molar-refractivity contribution in [2.75, 3.05) is 35.7 Å². The van der Waals surface area contributed by atoms with E-state index in [1.165, 1.54) is 12.4 Å².